The molecule has 1 fully saturated rings. The Balaban J connectivity index is 1.40. The first-order valence-corrected chi connectivity index (χ1v) is 9.35. The molecule has 0 atom stereocenters. The lowest BCUT2D eigenvalue weighted by Crippen LogP contribution is -2.18. The molecule has 2 aliphatic heterocycles. The van der Waals surface area contributed by atoms with Gasteiger partial charge < -0.3 is 14.8 Å². The molecular formula is C22H26N2O2. The summed E-state index contributed by atoms with van der Waals surface area (Å²) < 4.78 is 11.2. The van der Waals surface area contributed by atoms with Crippen molar-refractivity contribution in [2.45, 2.75) is 19.4 Å². The van der Waals surface area contributed by atoms with Crippen LogP contribution in [-0.2, 0) is 6.54 Å². The quantitative estimate of drug-likeness (QED) is 0.847. The molecule has 2 aliphatic rings. The monoisotopic (exact) mass is 350 g/mol. The fraction of sp³-hybridized carbons (Fsp3) is 0.364. The number of fused-ring (bicyclic) bond motifs is 1. The van der Waals surface area contributed by atoms with E-state index < -0.39 is 0 Å². The number of anilines is 1. The van der Waals surface area contributed by atoms with E-state index in [4.69, 9.17) is 9.47 Å². The summed E-state index contributed by atoms with van der Waals surface area (Å²) in [5.74, 6) is 1.77. The fourth-order valence-corrected chi connectivity index (χ4v) is 3.63. The second-order valence-corrected chi connectivity index (χ2v) is 7.03. The Labute approximate surface area is 155 Å². The van der Waals surface area contributed by atoms with Gasteiger partial charge in [-0.15, -0.1) is 0 Å². The molecule has 4 heteroatoms. The second kappa shape index (κ2) is 7.83. The molecule has 1 saturated heterocycles. The van der Waals surface area contributed by atoms with Gasteiger partial charge in [-0.1, -0.05) is 12.1 Å². The average molecular weight is 350 g/mol. The fourth-order valence-electron chi connectivity index (χ4n) is 3.63. The van der Waals surface area contributed by atoms with E-state index in [1.54, 1.807) is 7.11 Å². The highest BCUT2D eigenvalue weighted by Gasteiger charge is 2.13. The lowest BCUT2D eigenvalue weighted by Gasteiger charge is -2.20. The molecule has 0 aromatic heterocycles. The Morgan fingerprint density at radius 3 is 2.85 bits per heavy atom. The van der Waals surface area contributed by atoms with Gasteiger partial charge in [0, 0.05) is 24.3 Å². The van der Waals surface area contributed by atoms with Gasteiger partial charge >= 0.3 is 0 Å². The summed E-state index contributed by atoms with van der Waals surface area (Å²) in [5.41, 5.74) is 4.85. The van der Waals surface area contributed by atoms with Gasteiger partial charge in [0.05, 0.1) is 7.11 Å². The zero-order chi connectivity index (χ0) is 17.8. The Hall–Kier alpha value is -2.46. The van der Waals surface area contributed by atoms with E-state index in [1.807, 2.05) is 18.2 Å². The Morgan fingerprint density at radius 2 is 2.00 bits per heavy atom. The van der Waals surface area contributed by atoms with Gasteiger partial charge in [0.15, 0.2) is 0 Å². The predicted molar refractivity (Wildman–Crippen MR) is 106 cm³/mol. The predicted octanol–water partition coefficient (Wildman–Crippen LogP) is 4.18. The van der Waals surface area contributed by atoms with Crippen molar-refractivity contribution in [3.63, 3.8) is 0 Å². The standard InChI is InChI=1S/C22H26N2O2/c1-25-21-7-8-22-19(13-21)11-18(16-26-22)14-23-20-6-4-5-17(12-20)15-24-9-2-3-10-24/h4-8,11-13,23H,2-3,9-10,14-16H2,1H3. The largest absolute Gasteiger partial charge is 0.497 e. The van der Waals surface area contributed by atoms with Crippen molar-refractivity contribution in [2.75, 3.05) is 38.7 Å². The van der Waals surface area contributed by atoms with Crippen LogP contribution in [-0.4, -0.2) is 38.3 Å². The third-order valence-electron chi connectivity index (χ3n) is 5.04. The number of hydrogen-bond donors (Lipinski definition) is 1. The lowest BCUT2D eigenvalue weighted by molar-refractivity contribution is 0.331. The van der Waals surface area contributed by atoms with E-state index in [0.29, 0.717) is 6.61 Å². The van der Waals surface area contributed by atoms with E-state index in [9.17, 15) is 0 Å². The summed E-state index contributed by atoms with van der Waals surface area (Å²) in [7, 11) is 1.69. The summed E-state index contributed by atoms with van der Waals surface area (Å²) in [6, 6.07) is 14.7. The molecule has 4 rings (SSSR count). The van der Waals surface area contributed by atoms with Crippen LogP contribution in [0.2, 0.25) is 0 Å². The molecule has 0 saturated carbocycles. The van der Waals surface area contributed by atoms with Crippen molar-refractivity contribution in [1.29, 1.82) is 0 Å². The van der Waals surface area contributed by atoms with Crippen molar-refractivity contribution < 1.29 is 9.47 Å². The van der Waals surface area contributed by atoms with E-state index in [-0.39, 0.29) is 0 Å². The number of likely N-dealkylation sites (tertiary alicyclic amines) is 1. The molecule has 2 aromatic rings. The number of rotatable bonds is 6. The van der Waals surface area contributed by atoms with Crippen molar-refractivity contribution in [3.8, 4) is 11.5 Å². The molecule has 0 radical (unpaired) electrons. The van der Waals surface area contributed by atoms with Crippen molar-refractivity contribution in [1.82, 2.24) is 4.90 Å². The maximum atomic E-state index is 5.87. The molecule has 4 nitrogen and oxygen atoms in total. The summed E-state index contributed by atoms with van der Waals surface area (Å²) in [4.78, 5) is 2.53. The maximum absolute atomic E-state index is 5.87. The van der Waals surface area contributed by atoms with Crippen molar-refractivity contribution in [3.05, 3.63) is 59.2 Å². The van der Waals surface area contributed by atoms with E-state index in [1.165, 1.54) is 42.8 Å². The minimum atomic E-state index is 0.625. The van der Waals surface area contributed by atoms with Crippen LogP contribution in [0.4, 0.5) is 5.69 Å². The first-order chi connectivity index (χ1) is 12.8. The number of methoxy groups -OCH3 is 1. The van der Waals surface area contributed by atoms with Gasteiger partial charge in [0.1, 0.15) is 18.1 Å². The first kappa shape index (κ1) is 17.0. The van der Waals surface area contributed by atoms with Gasteiger partial charge in [-0.25, -0.2) is 0 Å². The van der Waals surface area contributed by atoms with E-state index >= 15 is 0 Å². The third-order valence-corrected chi connectivity index (χ3v) is 5.04. The third kappa shape index (κ3) is 4.02. The molecule has 0 bridgehead atoms. The highest BCUT2D eigenvalue weighted by molar-refractivity contribution is 5.65. The van der Waals surface area contributed by atoms with Crippen molar-refractivity contribution >= 4 is 11.8 Å². The maximum Gasteiger partial charge on any atom is 0.127 e. The summed E-state index contributed by atoms with van der Waals surface area (Å²) >= 11 is 0. The average Bonchev–Trinajstić information content (AvgIpc) is 3.19. The van der Waals surface area contributed by atoms with Gasteiger partial charge in [-0.2, -0.15) is 0 Å². The molecule has 1 N–H and O–H groups in total. The van der Waals surface area contributed by atoms with Crippen LogP contribution in [0.5, 0.6) is 11.5 Å². The van der Waals surface area contributed by atoms with Crippen LogP contribution >= 0.6 is 0 Å². The van der Waals surface area contributed by atoms with Crippen LogP contribution in [0.3, 0.4) is 0 Å². The normalized spacial score (nSPS) is 16.6. The van der Waals surface area contributed by atoms with Crippen LogP contribution < -0.4 is 14.8 Å². The molecular weight excluding hydrogens is 324 g/mol. The molecule has 26 heavy (non-hydrogen) atoms. The zero-order valence-electron chi connectivity index (χ0n) is 15.3. The molecule has 0 spiro atoms. The highest BCUT2D eigenvalue weighted by Crippen LogP contribution is 2.30. The topological polar surface area (TPSA) is 33.7 Å². The van der Waals surface area contributed by atoms with Crippen LogP contribution in [0.25, 0.3) is 6.08 Å². The summed E-state index contributed by atoms with van der Waals surface area (Å²) in [6.07, 6.45) is 4.86. The summed E-state index contributed by atoms with van der Waals surface area (Å²) in [5, 5.41) is 3.54. The molecule has 136 valence electrons. The SMILES string of the molecule is COc1ccc2c(c1)C=C(CNc1cccc(CN3CCCC3)c1)CO2. The van der Waals surface area contributed by atoms with Crippen LogP contribution in [0, 0.1) is 0 Å². The van der Waals surface area contributed by atoms with Crippen LogP contribution in [0.1, 0.15) is 24.0 Å². The Morgan fingerprint density at radius 1 is 1.12 bits per heavy atom. The van der Waals surface area contributed by atoms with Gasteiger partial charge in [0.2, 0.25) is 0 Å². The smallest absolute Gasteiger partial charge is 0.127 e. The Bertz CT molecular complexity index is 794. The Kier molecular flexibility index (Phi) is 5.12. The molecule has 0 aliphatic carbocycles. The van der Waals surface area contributed by atoms with Crippen molar-refractivity contribution in [2.24, 2.45) is 0 Å². The number of benzene rings is 2. The molecule has 0 amide bonds. The minimum Gasteiger partial charge on any atom is -0.497 e. The number of nitrogens with zero attached hydrogens (tertiary/aromatic N) is 1. The van der Waals surface area contributed by atoms with Gasteiger partial charge in [0.25, 0.3) is 0 Å². The van der Waals surface area contributed by atoms with Gasteiger partial charge in [-0.05, 0) is 73.5 Å². The number of nitrogens with one attached hydrogen (secondary N) is 1. The molecule has 0 unspecified atom stereocenters. The number of ether oxygens (including phenoxy) is 2. The number of hydrogen-bond acceptors (Lipinski definition) is 4. The van der Waals surface area contributed by atoms with E-state index in [0.717, 1.165) is 30.2 Å². The summed E-state index contributed by atoms with van der Waals surface area (Å²) in [6.45, 7) is 4.91. The molecule has 2 heterocycles. The second-order valence-electron chi connectivity index (χ2n) is 7.03. The lowest BCUT2D eigenvalue weighted by atomic mass is 10.1. The zero-order valence-corrected chi connectivity index (χ0v) is 15.3. The highest BCUT2D eigenvalue weighted by atomic mass is 16.5. The first-order valence-electron chi connectivity index (χ1n) is 9.35. The van der Waals surface area contributed by atoms with Gasteiger partial charge in [-0.3, -0.25) is 4.90 Å². The molecule has 2 aromatic carbocycles. The van der Waals surface area contributed by atoms with E-state index in [2.05, 4.69) is 40.6 Å². The minimum absolute atomic E-state index is 0.625. The van der Waals surface area contributed by atoms with Crippen LogP contribution in [0.15, 0.2) is 48.0 Å².